The fourth-order valence-electron chi connectivity index (χ4n) is 2.00. The zero-order valence-corrected chi connectivity index (χ0v) is 13.4. The van der Waals surface area contributed by atoms with Crippen molar-refractivity contribution < 1.29 is 14.3 Å². The number of carbonyl (C=O) groups is 1. The summed E-state index contributed by atoms with van der Waals surface area (Å²) < 4.78 is 11.1. The molecule has 0 aliphatic carbocycles. The second-order valence-corrected chi connectivity index (χ2v) is 4.98. The number of hydrogen-bond acceptors (Lipinski definition) is 4. The molecule has 0 fully saturated rings. The van der Waals surface area contributed by atoms with Gasteiger partial charge in [0.2, 0.25) is 5.91 Å². The average molecular weight is 304 g/mol. The number of amides is 1. The number of methoxy groups -OCH3 is 1. The van der Waals surface area contributed by atoms with Gasteiger partial charge in [-0.15, -0.1) is 0 Å². The third kappa shape index (κ3) is 6.49. The van der Waals surface area contributed by atoms with E-state index in [-0.39, 0.29) is 12.3 Å². The van der Waals surface area contributed by atoms with Gasteiger partial charge in [-0.05, 0) is 30.5 Å². The molecule has 1 amide bonds. The van der Waals surface area contributed by atoms with E-state index in [2.05, 4.69) is 12.2 Å². The Morgan fingerprint density at radius 2 is 2.14 bits per heavy atom. The van der Waals surface area contributed by atoms with Gasteiger partial charge in [0.15, 0.2) is 11.5 Å². The number of ether oxygens (including phenoxy) is 2. The molecule has 1 aromatic rings. The van der Waals surface area contributed by atoms with Crippen LogP contribution in [-0.4, -0.2) is 26.2 Å². The minimum atomic E-state index is -0.245. The molecule has 120 valence electrons. The molecule has 0 spiro atoms. The molecule has 22 heavy (non-hydrogen) atoms. The molecule has 1 aromatic carbocycles. The molecule has 0 radical (unpaired) electrons. The fraction of sp³-hybridized carbons (Fsp3) is 0.529. The molecule has 0 saturated heterocycles. The van der Waals surface area contributed by atoms with E-state index in [1.807, 2.05) is 24.3 Å². The minimum absolute atomic E-state index is 0.103. The van der Waals surface area contributed by atoms with Gasteiger partial charge >= 0.3 is 0 Å². The molecule has 0 aliphatic heterocycles. The number of benzene rings is 1. The highest BCUT2D eigenvalue weighted by molar-refractivity contribution is 5.77. The summed E-state index contributed by atoms with van der Waals surface area (Å²) in [6, 6.07) is 7.61. The predicted octanol–water partition coefficient (Wildman–Crippen LogP) is 2.84. The number of nitrogens with zero attached hydrogens (tertiary/aromatic N) is 1. The van der Waals surface area contributed by atoms with Crippen molar-refractivity contribution in [1.29, 1.82) is 5.26 Å². The van der Waals surface area contributed by atoms with Crippen molar-refractivity contribution in [3.63, 3.8) is 0 Å². The van der Waals surface area contributed by atoms with Gasteiger partial charge in [-0.1, -0.05) is 25.8 Å². The summed E-state index contributed by atoms with van der Waals surface area (Å²) in [6.07, 6.45) is 3.93. The Hall–Kier alpha value is -2.22. The number of unbranched alkanes of at least 4 members (excludes halogenated alkanes) is 2. The highest BCUT2D eigenvalue weighted by atomic mass is 16.5. The van der Waals surface area contributed by atoms with E-state index in [0.29, 0.717) is 25.3 Å². The molecule has 0 aliphatic rings. The van der Waals surface area contributed by atoms with Gasteiger partial charge in [0.1, 0.15) is 6.42 Å². The largest absolute Gasteiger partial charge is 0.493 e. The molecule has 0 unspecified atom stereocenters. The summed E-state index contributed by atoms with van der Waals surface area (Å²) in [5.74, 6) is 1.21. The van der Waals surface area contributed by atoms with E-state index in [1.54, 1.807) is 7.11 Å². The van der Waals surface area contributed by atoms with Crippen molar-refractivity contribution in [1.82, 2.24) is 5.32 Å². The Morgan fingerprint density at radius 1 is 1.32 bits per heavy atom. The van der Waals surface area contributed by atoms with Crippen LogP contribution in [0.15, 0.2) is 18.2 Å². The first-order valence-corrected chi connectivity index (χ1v) is 7.64. The number of carbonyl (C=O) groups excluding carboxylic acids is 1. The van der Waals surface area contributed by atoms with E-state index < -0.39 is 0 Å². The summed E-state index contributed by atoms with van der Waals surface area (Å²) in [7, 11) is 1.62. The quantitative estimate of drug-likeness (QED) is 0.675. The molecule has 0 aromatic heterocycles. The third-order valence-electron chi connectivity index (χ3n) is 3.21. The number of nitriles is 1. The van der Waals surface area contributed by atoms with Crippen LogP contribution >= 0.6 is 0 Å². The van der Waals surface area contributed by atoms with Crippen LogP contribution in [0, 0.1) is 11.3 Å². The van der Waals surface area contributed by atoms with Gasteiger partial charge in [-0.25, -0.2) is 0 Å². The monoisotopic (exact) mass is 304 g/mol. The van der Waals surface area contributed by atoms with E-state index in [0.717, 1.165) is 30.6 Å². The van der Waals surface area contributed by atoms with Gasteiger partial charge in [0, 0.05) is 6.54 Å². The molecule has 5 heteroatoms. The molecule has 1 N–H and O–H groups in total. The molecule has 1 rings (SSSR count). The van der Waals surface area contributed by atoms with Crippen LogP contribution in [0.2, 0.25) is 0 Å². The van der Waals surface area contributed by atoms with E-state index in [1.165, 1.54) is 0 Å². The maximum atomic E-state index is 11.2. The van der Waals surface area contributed by atoms with Gasteiger partial charge in [0.05, 0.1) is 19.8 Å². The highest BCUT2D eigenvalue weighted by Gasteiger charge is 2.06. The lowest BCUT2D eigenvalue weighted by atomic mass is 10.1. The van der Waals surface area contributed by atoms with Crippen molar-refractivity contribution in [3.8, 4) is 17.6 Å². The molecule has 0 saturated carbocycles. The smallest absolute Gasteiger partial charge is 0.234 e. The first-order valence-electron chi connectivity index (χ1n) is 7.64. The van der Waals surface area contributed by atoms with Crippen LogP contribution in [0.3, 0.4) is 0 Å². The second kappa shape index (κ2) is 10.5. The van der Waals surface area contributed by atoms with Crippen LogP contribution in [0.5, 0.6) is 11.5 Å². The van der Waals surface area contributed by atoms with Gasteiger partial charge in [-0.2, -0.15) is 5.26 Å². The summed E-state index contributed by atoms with van der Waals surface area (Å²) in [5.41, 5.74) is 1.05. The summed E-state index contributed by atoms with van der Waals surface area (Å²) >= 11 is 0. The molecular weight excluding hydrogens is 280 g/mol. The highest BCUT2D eigenvalue weighted by Crippen LogP contribution is 2.28. The zero-order valence-electron chi connectivity index (χ0n) is 13.4. The Morgan fingerprint density at radius 3 is 2.82 bits per heavy atom. The van der Waals surface area contributed by atoms with E-state index >= 15 is 0 Å². The number of rotatable bonds is 10. The lowest BCUT2D eigenvalue weighted by molar-refractivity contribution is -0.120. The second-order valence-electron chi connectivity index (χ2n) is 4.98. The SMILES string of the molecule is CCCCCOc1ccc(CCNC(=O)CC#N)cc1OC. The lowest BCUT2D eigenvalue weighted by Crippen LogP contribution is -2.24. The van der Waals surface area contributed by atoms with Crippen molar-refractivity contribution in [2.75, 3.05) is 20.3 Å². The number of hydrogen-bond donors (Lipinski definition) is 1. The van der Waals surface area contributed by atoms with E-state index in [9.17, 15) is 4.79 Å². The Bertz CT molecular complexity index is 509. The maximum Gasteiger partial charge on any atom is 0.234 e. The Kier molecular flexibility index (Phi) is 8.51. The van der Waals surface area contributed by atoms with Crippen LogP contribution in [0.1, 0.15) is 38.2 Å². The molecule has 5 nitrogen and oxygen atoms in total. The molecule has 0 bridgehead atoms. The fourth-order valence-corrected chi connectivity index (χ4v) is 2.00. The maximum absolute atomic E-state index is 11.2. The van der Waals surface area contributed by atoms with Crippen LogP contribution in [0.25, 0.3) is 0 Å². The predicted molar refractivity (Wildman–Crippen MR) is 85.0 cm³/mol. The first-order chi connectivity index (χ1) is 10.7. The third-order valence-corrected chi connectivity index (χ3v) is 3.21. The minimum Gasteiger partial charge on any atom is -0.493 e. The van der Waals surface area contributed by atoms with Crippen LogP contribution in [0.4, 0.5) is 0 Å². The lowest BCUT2D eigenvalue weighted by Gasteiger charge is -2.12. The van der Waals surface area contributed by atoms with Gasteiger partial charge in [0.25, 0.3) is 0 Å². The van der Waals surface area contributed by atoms with Crippen molar-refractivity contribution in [3.05, 3.63) is 23.8 Å². The Labute approximate surface area is 132 Å². The topological polar surface area (TPSA) is 71.3 Å². The zero-order chi connectivity index (χ0) is 16.2. The Balaban J connectivity index is 2.49. The molecule has 0 atom stereocenters. The normalized spacial score (nSPS) is 9.86. The molecular formula is C17H24N2O3. The average Bonchev–Trinajstić information content (AvgIpc) is 2.52. The van der Waals surface area contributed by atoms with Gasteiger partial charge in [-0.3, -0.25) is 4.79 Å². The van der Waals surface area contributed by atoms with Crippen molar-refractivity contribution >= 4 is 5.91 Å². The first kappa shape index (κ1) is 17.8. The van der Waals surface area contributed by atoms with Crippen LogP contribution < -0.4 is 14.8 Å². The molecule has 0 heterocycles. The van der Waals surface area contributed by atoms with E-state index in [4.69, 9.17) is 14.7 Å². The summed E-state index contributed by atoms with van der Waals surface area (Å²) in [6.45, 7) is 3.35. The van der Waals surface area contributed by atoms with Crippen LogP contribution in [-0.2, 0) is 11.2 Å². The number of nitrogens with one attached hydrogen (secondary N) is 1. The standard InChI is InChI=1S/C17H24N2O3/c1-3-4-5-12-22-15-7-6-14(13-16(15)21-2)9-11-19-17(20)8-10-18/h6-7,13H,3-5,8-9,11-12H2,1-2H3,(H,19,20). The summed E-state index contributed by atoms with van der Waals surface area (Å²) in [5, 5.41) is 11.1. The summed E-state index contributed by atoms with van der Waals surface area (Å²) in [4.78, 5) is 11.2. The van der Waals surface area contributed by atoms with Crippen molar-refractivity contribution in [2.45, 2.75) is 39.0 Å². The van der Waals surface area contributed by atoms with Crippen molar-refractivity contribution in [2.24, 2.45) is 0 Å². The van der Waals surface area contributed by atoms with Gasteiger partial charge < -0.3 is 14.8 Å².